The summed E-state index contributed by atoms with van der Waals surface area (Å²) in [6, 6.07) is 10.3. The van der Waals surface area contributed by atoms with Crippen LogP contribution in [0.5, 0.6) is 0 Å². The molecule has 2 heteroatoms. The number of benzene rings is 1. The lowest BCUT2D eigenvalue weighted by molar-refractivity contribution is 0.334. The first-order valence-electron chi connectivity index (χ1n) is 7.26. The zero-order valence-electron chi connectivity index (χ0n) is 11.1. The van der Waals surface area contributed by atoms with Gasteiger partial charge in [0.25, 0.3) is 0 Å². The molecule has 1 fully saturated rings. The van der Waals surface area contributed by atoms with Gasteiger partial charge in [-0.3, -0.25) is 0 Å². The highest BCUT2D eigenvalue weighted by Crippen LogP contribution is 2.26. The molecule has 1 aliphatic rings. The summed E-state index contributed by atoms with van der Waals surface area (Å²) in [4.78, 5) is 0. The van der Waals surface area contributed by atoms with Crippen LogP contribution in [0.1, 0.15) is 49.5 Å². The Bertz CT molecular complexity index is 319. The van der Waals surface area contributed by atoms with E-state index in [1.54, 1.807) is 0 Å². The molecule has 18 heavy (non-hydrogen) atoms. The second-order valence-electron chi connectivity index (χ2n) is 5.38. The van der Waals surface area contributed by atoms with Crippen LogP contribution in [0.4, 0.5) is 0 Å². The maximum absolute atomic E-state index is 6.37. The van der Waals surface area contributed by atoms with Crippen LogP contribution in [0.3, 0.4) is 0 Å². The standard InChI is InChI=1S/C16H24ClN/c17-16(15-9-5-2-6-10-15)13-18-12-11-14-7-3-1-4-8-14/h2,5-6,9-10,14,16,18H,1,3-4,7-8,11-13H2. The molecule has 1 saturated carbocycles. The normalized spacial score (nSPS) is 18.7. The Balaban J connectivity index is 1.60. The second-order valence-corrected chi connectivity index (χ2v) is 5.90. The van der Waals surface area contributed by atoms with Gasteiger partial charge in [-0.2, -0.15) is 0 Å². The predicted octanol–water partition coefficient (Wildman–Crippen LogP) is 4.53. The number of rotatable bonds is 6. The summed E-state index contributed by atoms with van der Waals surface area (Å²) in [5.41, 5.74) is 1.21. The molecule has 1 aromatic rings. The molecule has 0 saturated heterocycles. The van der Waals surface area contributed by atoms with Crippen LogP contribution in [-0.4, -0.2) is 13.1 Å². The molecule has 1 N–H and O–H groups in total. The molecule has 100 valence electrons. The van der Waals surface area contributed by atoms with Gasteiger partial charge in [-0.1, -0.05) is 62.4 Å². The van der Waals surface area contributed by atoms with E-state index in [0.717, 1.165) is 19.0 Å². The third kappa shape index (κ3) is 4.62. The highest BCUT2D eigenvalue weighted by Gasteiger charge is 2.13. The fourth-order valence-electron chi connectivity index (χ4n) is 2.79. The van der Waals surface area contributed by atoms with E-state index in [1.807, 2.05) is 18.2 Å². The molecule has 0 radical (unpaired) electrons. The molecule has 0 spiro atoms. The van der Waals surface area contributed by atoms with Crippen molar-refractivity contribution >= 4 is 11.6 Å². The molecule has 1 nitrogen and oxygen atoms in total. The Kier molecular flexibility index (Phi) is 6.02. The van der Waals surface area contributed by atoms with Crippen molar-refractivity contribution in [2.75, 3.05) is 13.1 Å². The lowest BCUT2D eigenvalue weighted by atomic mass is 9.87. The minimum atomic E-state index is 0.0950. The van der Waals surface area contributed by atoms with Gasteiger partial charge >= 0.3 is 0 Å². The lowest BCUT2D eigenvalue weighted by Crippen LogP contribution is -2.23. The van der Waals surface area contributed by atoms with Gasteiger partial charge in [0, 0.05) is 6.54 Å². The van der Waals surface area contributed by atoms with Crippen LogP contribution in [0.25, 0.3) is 0 Å². The van der Waals surface area contributed by atoms with Crippen LogP contribution in [0, 0.1) is 5.92 Å². The van der Waals surface area contributed by atoms with Crippen LogP contribution in [0.15, 0.2) is 30.3 Å². The third-order valence-corrected chi connectivity index (χ3v) is 4.35. The molecule has 0 heterocycles. The molecule has 0 aliphatic heterocycles. The van der Waals surface area contributed by atoms with E-state index in [-0.39, 0.29) is 5.38 Å². The van der Waals surface area contributed by atoms with Crippen LogP contribution < -0.4 is 5.32 Å². The first kappa shape index (κ1) is 13.9. The summed E-state index contributed by atoms with van der Waals surface area (Å²) >= 11 is 6.37. The molecule has 1 aliphatic carbocycles. The first-order valence-corrected chi connectivity index (χ1v) is 7.69. The van der Waals surface area contributed by atoms with Crippen molar-refractivity contribution in [3.8, 4) is 0 Å². The van der Waals surface area contributed by atoms with E-state index < -0.39 is 0 Å². The lowest BCUT2D eigenvalue weighted by Gasteiger charge is -2.21. The van der Waals surface area contributed by atoms with E-state index in [1.165, 1.54) is 44.1 Å². The molecule has 0 bridgehead atoms. The number of hydrogen-bond donors (Lipinski definition) is 1. The number of alkyl halides is 1. The summed E-state index contributed by atoms with van der Waals surface area (Å²) in [6.07, 6.45) is 8.51. The van der Waals surface area contributed by atoms with Crippen molar-refractivity contribution in [1.29, 1.82) is 0 Å². The van der Waals surface area contributed by atoms with Gasteiger partial charge in [-0.25, -0.2) is 0 Å². The van der Waals surface area contributed by atoms with Gasteiger partial charge in [0.05, 0.1) is 5.38 Å². The van der Waals surface area contributed by atoms with E-state index in [4.69, 9.17) is 11.6 Å². The smallest absolute Gasteiger partial charge is 0.0709 e. The number of nitrogens with one attached hydrogen (secondary N) is 1. The minimum absolute atomic E-state index is 0.0950. The molecule has 2 rings (SSSR count). The fourth-order valence-corrected chi connectivity index (χ4v) is 3.05. The van der Waals surface area contributed by atoms with Crippen LogP contribution >= 0.6 is 11.6 Å². The quantitative estimate of drug-likeness (QED) is 0.589. The largest absolute Gasteiger partial charge is 0.315 e. The zero-order chi connectivity index (χ0) is 12.6. The summed E-state index contributed by atoms with van der Waals surface area (Å²) in [7, 11) is 0. The maximum Gasteiger partial charge on any atom is 0.0709 e. The molecular weight excluding hydrogens is 242 g/mol. The summed E-state index contributed by atoms with van der Waals surface area (Å²) in [5, 5.41) is 3.59. The molecular formula is C16H24ClN. The average Bonchev–Trinajstić information content (AvgIpc) is 2.45. The van der Waals surface area contributed by atoms with E-state index in [0.29, 0.717) is 0 Å². The minimum Gasteiger partial charge on any atom is -0.315 e. The first-order chi connectivity index (χ1) is 8.86. The Hall–Kier alpha value is -0.530. The SMILES string of the molecule is ClC(CNCCC1CCCCC1)c1ccccc1. The molecule has 1 atom stereocenters. The topological polar surface area (TPSA) is 12.0 Å². The molecule has 0 aromatic heterocycles. The van der Waals surface area contributed by atoms with Crippen LogP contribution in [-0.2, 0) is 0 Å². The highest BCUT2D eigenvalue weighted by molar-refractivity contribution is 6.21. The molecule has 0 amide bonds. The fraction of sp³-hybridized carbons (Fsp3) is 0.625. The number of halogens is 1. The van der Waals surface area contributed by atoms with E-state index in [9.17, 15) is 0 Å². The average molecular weight is 266 g/mol. The molecule has 1 unspecified atom stereocenters. The van der Waals surface area contributed by atoms with Gasteiger partial charge in [-0.15, -0.1) is 11.6 Å². The Morgan fingerprint density at radius 2 is 1.83 bits per heavy atom. The highest BCUT2D eigenvalue weighted by atomic mass is 35.5. The van der Waals surface area contributed by atoms with Gasteiger partial charge < -0.3 is 5.32 Å². The Labute approximate surface area is 116 Å². The van der Waals surface area contributed by atoms with Crippen molar-refractivity contribution in [1.82, 2.24) is 5.32 Å². The summed E-state index contributed by atoms with van der Waals surface area (Å²) < 4.78 is 0. The van der Waals surface area contributed by atoms with Gasteiger partial charge in [-0.05, 0) is 24.4 Å². The summed E-state index contributed by atoms with van der Waals surface area (Å²) in [5.74, 6) is 0.955. The van der Waals surface area contributed by atoms with Gasteiger partial charge in [0.15, 0.2) is 0 Å². The van der Waals surface area contributed by atoms with E-state index in [2.05, 4.69) is 17.4 Å². The molecule has 1 aromatic carbocycles. The van der Waals surface area contributed by atoms with Crippen molar-refractivity contribution < 1.29 is 0 Å². The van der Waals surface area contributed by atoms with Crippen LogP contribution in [0.2, 0.25) is 0 Å². The van der Waals surface area contributed by atoms with Crippen molar-refractivity contribution in [2.45, 2.75) is 43.9 Å². The van der Waals surface area contributed by atoms with Crippen molar-refractivity contribution in [3.05, 3.63) is 35.9 Å². The zero-order valence-corrected chi connectivity index (χ0v) is 11.8. The summed E-state index contributed by atoms with van der Waals surface area (Å²) in [6.45, 7) is 1.99. The maximum atomic E-state index is 6.37. The Morgan fingerprint density at radius 3 is 2.56 bits per heavy atom. The predicted molar refractivity (Wildman–Crippen MR) is 79.1 cm³/mol. The van der Waals surface area contributed by atoms with Crippen molar-refractivity contribution in [3.63, 3.8) is 0 Å². The monoisotopic (exact) mass is 265 g/mol. The third-order valence-electron chi connectivity index (χ3n) is 3.94. The van der Waals surface area contributed by atoms with Gasteiger partial charge in [0.1, 0.15) is 0 Å². The second kappa shape index (κ2) is 7.81. The van der Waals surface area contributed by atoms with Crippen molar-refractivity contribution in [2.24, 2.45) is 5.92 Å². The van der Waals surface area contributed by atoms with E-state index >= 15 is 0 Å². The van der Waals surface area contributed by atoms with Gasteiger partial charge in [0.2, 0.25) is 0 Å². The number of hydrogen-bond acceptors (Lipinski definition) is 1. The Morgan fingerprint density at radius 1 is 1.11 bits per heavy atom.